The molecule has 0 saturated carbocycles. The molecule has 21 heavy (non-hydrogen) atoms. The van der Waals surface area contributed by atoms with Gasteiger partial charge in [-0.1, -0.05) is 23.1 Å². The largest absolute Gasteiger partial charge is 0.466 e. The highest BCUT2D eigenvalue weighted by atomic mass is 32.2. The van der Waals surface area contributed by atoms with E-state index in [4.69, 9.17) is 4.42 Å². The number of rotatable bonds is 5. The van der Waals surface area contributed by atoms with Crippen LogP contribution in [0.15, 0.2) is 14.8 Å². The highest BCUT2D eigenvalue weighted by Crippen LogP contribution is 2.26. The molecule has 0 aliphatic heterocycles. The highest BCUT2D eigenvalue weighted by Gasteiger charge is 2.16. The molecule has 0 aromatic carbocycles. The number of nitrogens with one attached hydrogen (secondary N) is 2. The lowest BCUT2D eigenvalue weighted by Crippen LogP contribution is -2.19. The lowest BCUT2D eigenvalue weighted by molar-refractivity contribution is -0.118. The first-order chi connectivity index (χ1) is 9.99. The van der Waals surface area contributed by atoms with Crippen molar-refractivity contribution >= 4 is 40.0 Å². The Bertz CT molecular complexity index is 665. The molecule has 0 atom stereocenters. The molecule has 0 unspecified atom stereocenters. The van der Waals surface area contributed by atoms with Gasteiger partial charge in [0.15, 0.2) is 4.34 Å². The summed E-state index contributed by atoms with van der Waals surface area (Å²) in [4.78, 5) is 23.2. The van der Waals surface area contributed by atoms with Crippen LogP contribution in [0.3, 0.4) is 0 Å². The monoisotopic (exact) mass is 326 g/mol. The second kappa shape index (κ2) is 6.72. The number of thioether (sulfide) groups is 1. The van der Waals surface area contributed by atoms with Crippen LogP contribution in [-0.2, 0) is 4.79 Å². The number of amides is 2. The molecule has 0 aliphatic rings. The van der Waals surface area contributed by atoms with Gasteiger partial charge >= 0.3 is 0 Å². The van der Waals surface area contributed by atoms with Crippen LogP contribution in [0, 0.1) is 13.8 Å². The van der Waals surface area contributed by atoms with E-state index in [0.29, 0.717) is 26.6 Å². The highest BCUT2D eigenvalue weighted by molar-refractivity contribution is 8.01. The molecule has 0 aliphatic carbocycles. The Kier molecular flexibility index (Phi) is 4.97. The van der Waals surface area contributed by atoms with Crippen LogP contribution in [-0.4, -0.2) is 34.8 Å². The zero-order valence-corrected chi connectivity index (χ0v) is 13.4. The van der Waals surface area contributed by atoms with Crippen LogP contribution in [0.2, 0.25) is 0 Å². The number of nitrogens with zero attached hydrogens (tertiary/aromatic N) is 2. The van der Waals surface area contributed by atoms with E-state index < -0.39 is 0 Å². The molecule has 0 saturated heterocycles. The van der Waals surface area contributed by atoms with E-state index >= 15 is 0 Å². The Balaban J connectivity index is 1.97. The summed E-state index contributed by atoms with van der Waals surface area (Å²) in [5.74, 6) is 1.12. The van der Waals surface area contributed by atoms with E-state index in [9.17, 15) is 9.59 Å². The van der Waals surface area contributed by atoms with Gasteiger partial charge in [-0.25, -0.2) is 0 Å². The summed E-state index contributed by atoms with van der Waals surface area (Å²) in [6.07, 6.45) is 0. The van der Waals surface area contributed by atoms with Gasteiger partial charge in [0, 0.05) is 7.05 Å². The Morgan fingerprint density at radius 2 is 2.14 bits per heavy atom. The molecule has 112 valence electrons. The molecular weight excluding hydrogens is 312 g/mol. The topological polar surface area (TPSA) is 97.1 Å². The van der Waals surface area contributed by atoms with Crippen LogP contribution in [0.25, 0.3) is 0 Å². The second-order valence-electron chi connectivity index (χ2n) is 4.12. The summed E-state index contributed by atoms with van der Waals surface area (Å²) in [5.41, 5.74) is 0.474. The summed E-state index contributed by atoms with van der Waals surface area (Å²) in [6, 6.07) is 1.67. The normalized spacial score (nSPS) is 10.4. The van der Waals surface area contributed by atoms with Gasteiger partial charge in [0.25, 0.3) is 5.91 Å². The van der Waals surface area contributed by atoms with Crippen molar-refractivity contribution in [3.05, 3.63) is 23.2 Å². The van der Waals surface area contributed by atoms with Gasteiger partial charge in [0.2, 0.25) is 11.0 Å². The number of anilines is 1. The predicted molar refractivity (Wildman–Crippen MR) is 80.8 cm³/mol. The van der Waals surface area contributed by atoms with Crippen molar-refractivity contribution in [2.75, 3.05) is 18.1 Å². The third kappa shape index (κ3) is 4.05. The van der Waals surface area contributed by atoms with E-state index in [0.717, 1.165) is 0 Å². The molecule has 7 nitrogen and oxygen atoms in total. The number of aryl methyl sites for hydroxylation is 2. The van der Waals surface area contributed by atoms with Gasteiger partial charge in [-0.15, -0.1) is 10.2 Å². The van der Waals surface area contributed by atoms with Gasteiger partial charge in [-0.2, -0.15) is 0 Å². The van der Waals surface area contributed by atoms with Crippen LogP contribution < -0.4 is 10.6 Å². The minimum Gasteiger partial charge on any atom is -0.466 e. The minimum absolute atomic E-state index is 0.0923. The number of hydrogen-bond donors (Lipinski definition) is 2. The predicted octanol–water partition coefficient (Wildman–Crippen LogP) is 1.84. The van der Waals surface area contributed by atoms with Crippen LogP contribution in [0.5, 0.6) is 0 Å². The van der Waals surface area contributed by atoms with Crippen molar-refractivity contribution in [2.24, 2.45) is 0 Å². The fraction of sp³-hybridized carbons (Fsp3) is 0.333. The SMILES string of the molecule is CNC(=O)CSc1nnc(NC(=O)c2cc(C)oc2C)s1. The van der Waals surface area contributed by atoms with Gasteiger partial charge in [-0.3, -0.25) is 14.9 Å². The molecule has 0 fully saturated rings. The molecular formula is C12H14N4O3S2. The number of aromatic nitrogens is 2. The van der Waals surface area contributed by atoms with Crippen molar-refractivity contribution < 1.29 is 14.0 Å². The first kappa shape index (κ1) is 15.5. The third-order valence-corrected chi connectivity index (χ3v) is 4.49. The molecule has 9 heteroatoms. The van der Waals surface area contributed by atoms with E-state index in [2.05, 4.69) is 20.8 Å². The van der Waals surface area contributed by atoms with Gasteiger partial charge in [-0.05, 0) is 19.9 Å². The van der Waals surface area contributed by atoms with Crippen molar-refractivity contribution in [1.29, 1.82) is 0 Å². The molecule has 2 amide bonds. The Labute approximate surface area is 129 Å². The standard InChI is InChI=1S/C12H14N4O3S2/c1-6-4-8(7(2)19-6)10(18)14-11-15-16-12(21-11)20-5-9(17)13-3/h4H,5H2,1-3H3,(H,13,17)(H,14,15,18). The number of carbonyl (C=O) groups is 2. The zero-order chi connectivity index (χ0) is 15.4. The number of hydrogen-bond acceptors (Lipinski definition) is 7. The molecule has 2 aromatic heterocycles. The Morgan fingerprint density at radius 3 is 2.76 bits per heavy atom. The molecule has 2 rings (SSSR count). The van der Waals surface area contributed by atoms with E-state index in [1.165, 1.54) is 23.1 Å². The maximum Gasteiger partial charge on any atom is 0.261 e. The summed E-state index contributed by atoms with van der Waals surface area (Å²) in [7, 11) is 1.57. The molecule has 0 bridgehead atoms. The fourth-order valence-corrected chi connectivity index (χ4v) is 3.16. The van der Waals surface area contributed by atoms with Gasteiger partial charge < -0.3 is 9.73 Å². The first-order valence-corrected chi connectivity index (χ1v) is 7.85. The summed E-state index contributed by atoms with van der Waals surface area (Å²) in [6.45, 7) is 3.51. The van der Waals surface area contributed by atoms with Gasteiger partial charge in [0.1, 0.15) is 11.5 Å². The molecule has 0 spiro atoms. The number of carbonyl (C=O) groups excluding carboxylic acids is 2. The van der Waals surface area contributed by atoms with Crippen molar-refractivity contribution in [2.45, 2.75) is 18.2 Å². The molecule has 0 radical (unpaired) electrons. The smallest absolute Gasteiger partial charge is 0.261 e. The Morgan fingerprint density at radius 1 is 1.38 bits per heavy atom. The van der Waals surface area contributed by atoms with Crippen LogP contribution in [0.4, 0.5) is 5.13 Å². The second-order valence-corrected chi connectivity index (χ2v) is 6.32. The van der Waals surface area contributed by atoms with Crippen molar-refractivity contribution in [3.8, 4) is 0 Å². The van der Waals surface area contributed by atoms with Crippen molar-refractivity contribution in [3.63, 3.8) is 0 Å². The number of furan rings is 1. The fourth-order valence-electron chi connectivity index (χ4n) is 1.54. The summed E-state index contributed by atoms with van der Waals surface area (Å²) >= 11 is 2.49. The zero-order valence-electron chi connectivity index (χ0n) is 11.7. The summed E-state index contributed by atoms with van der Waals surface area (Å²) < 4.78 is 5.93. The third-order valence-electron chi connectivity index (χ3n) is 2.52. The Hall–Kier alpha value is -1.87. The molecule has 2 aromatic rings. The van der Waals surface area contributed by atoms with Crippen LogP contribution >= 0.6 is 23.1 Å². The van der Waals surface area contributed by atoms with E-state index in [1.807, 2.05) is 0 Å². The van der Waals surface area contributed by atoms with Crippen LogP contribution in [0.1, 0.15) is 21.9 Å². The maximum absolute atomic E-state index is 12.1. The maximum atomic E-state index is 12.1. The summed E-state index contributed by atoms with van der Waals surface area (Å²) in [5, 5.41) is 13.4. The average molecular weight is 326 g/mol. The molecule has 2 N–H and O–H groups in total. The van der Waals surface area contributed by atoms with E-state index in [-0.39, 0.29) is 17.6 Å². The van der Waals surface area contributed by atoms with Gasteiger partial charge in [0.05, 0.1) is 11.3 Å². The quantitative estimate of drug-likeness (QED) is 0.643. The lowest BCUT2D eigenvalue weighted by atomic mass is 10.2. The average Bonchev–Trinajstić information content (AvgIpc) is 3.02. The first-order valence-electron chi connectivity index (χ1n) is 6.05. The van der Waals surface area contributed by atoms with Crippen molar-refractivity contribution in [1.82, 2.24) is 15.5 Å². The molecule has 2 heterocycles. The minimum atomic E-state index is -0.289. The lowest BCUT2D eigenvalue weighted by Gasteiger charge is -1.98. The van der Waals surface area contributed by atoms with E-state index in [1.54, 1.807) is 27.0 Å².